The van der Waals surface area contributed by atoms with Crippen molar-refractivity contribution in [2.24, 2.45) is 0 Å². The van der Waals surface area contributed by atoms with Gasteiger partial charge in [-0.25, -0.2) is 0 Å². The van der Waals surface area contributed by atoms with Gasteiger partial charge in [0.15, 0.2) is 0 Å². The molecule has 0 bridgehead atoms. The second kappa shape index (κ2) is 10.3. The molecule has 0 radical (unpaired) electrons. The van der Waals surface area contributed by atoms with Gasteiger partial charge in [-0.05, 0) is 59.7 Å². The molecule has 0 saturated carbocycles. The summed E-state index contributed by atoms with van der Waals surface area (Å²) in [5, 5.41) is 12.8. The quantitative estimate of drug-likeness (QED) is 0.295. The van der Waals surface area contributed by atoms with Crippen molar-refractivity contribution in [1.82, 2.24) is 0 Å². The summed E-state index contributed by atoms with van der Waals surface area (Å²) in [7, 11) is 0. The fourth-order valence-corrected chi connectivity index (χ4v) is 3.34. The second-order valence-electron chi connectivity index (χ2n) is 6.27. The SMILES string of the molecule is N#C/C(=C/c1ccc(OCc2ccc(Br)cc2)cc1)C(=O)Nc1cc(Cl)cc(Cl)c1. The van der Waals surface area contributed by atoms with Crippen LogP contribution in [0.1, 0.15) is 11.1 Å². The predicted molar refractivity (Wildman–Crippen MR) is 124 cm³/mol. The van der Waals surface area contributed by atoms with Crippen molar-refractivity contribution in [3.63, 3.8) is 0 Å². The van der Waals surface area contributed by atoms with Crippen molar-refractivity contribution < 1.29 is 9.53 Å². The van der Waals surface area contributed by atoms with E-state index in [0.29, 0.717) is 33.7 Å². The lowest BCUT2D eigenvalue weighted by Crippen LogP contribution is -2.13. The third kappa shape index (κ3) is 6.36. The van der Waals surface area contributed by atoms with E-state index in [-0.39, 0.29) is 5.57 Å². The highest BCUT2D eigenvalue weighted by atomic mass is 79.9. The number of nitrogens with zero attached hydrogens (tertiary/aromatic N) is 1. The molecule has 3 aromatic carbocycles. The van der Waals surface area contributed by atoms with Crippen molar-refractivity contribution in [3.05, 3.63) is 97.9 Å². The molecule has 1 N–H and O–H groups in total. The lowest BCUT2D eigenvalue weighted by molar-refractivity contribution is -0.112. The summed E-state index contributed by atoms with van der Waals surface area (Å²) in [5.41, 5.74) is 2.11. The molecule has 0 saturated heterocycles. The normalized spacial score (nSPS) is 10.9. The molecule has 150 valence electrons. The van der Waals surface area contributed by atoms with Crippen molar-refractivity contribution in [1.29, 1.82) is 5.26 Å². The van der Waals surface area contributed by atoms with Gasteiger partial charge in [0.05, 0.1) is 0 Å². The van der Waals surface area contributed by atoms with Gasteiger partial charge in [-0.2, -0.15) is 5.26 Å². The van der Waals surface area contributed by atoms with Crippen LogP contribution >= 0.6 is 39.1 Å². The van der Waals surface area contributed by atoms with E-state index in [9.17, 15) is 10.1 Å². The van der Waals surface area contributed by atoms with Crippen LogP contribution in [0.5, 0.6) is 5.75 Å². The molecule has 0 aliphatic heterocycles. The molecule has 0 aromatic heterocycles. The molecule has 4 nitrogen and oxygen atoms in total. The smallest absolute Gasteiger partial charge is 0.266 e. The van der Waals surface area contributed by atoms with Crippen LogP contribution in [0.2, 0.25) is 10.0 Å². The van der Waals surface area contributed by atoms with Gasteiger partial charge in [-0.1, -0.05) is 63.4 Å². The molecule has 0 atom stereocenters. The Balaban J connectivity index is 1.65. The zero-order chi connectivity index (χ0) is 21.5. The maximum Gasteiger partial charge on any atom is 0.266 e. The zero-order valence-corrected chi connectivity index (χ0v) is 18.6. The number of nitrogens with one attached hydrogen (secondary N) is 1. The maximum atomic E-state index is 12.4. The summed E-state index contributed by atoms with van der Waals surface area (Å²) < 4.78 is 6.77. The van der Waals surface area contributed by atoms with Gasteiger partial charge < -0.3 is 10.1 Å². The van der Waals surface area contributed by atoms with Crippen molar-refractivity contribution in [2.45, 2.75) is 6.61 Å². The molecular formula is C23H15BrCl2N2O2. The predicted octanol–water partition coefficient (Wildman–Crippen LogP) is 6.88. The van der Waals surface area contributed by atoms with E-state index in [1.54, 1.807) is 42.5 Å². The Bertz CT molecular complexity index is 1100. The van der Waals surface area contributed by atoms with E-state index in [2.05, 4.69) is 21.2 Å². The molecule has 3 rings (SSSR count). The highest BCUT2D eigenvalue weighted by Gasteiger charge is 2.10. The lowest BCUT2D eigenvalue weighted by atomic mass is 10.1. The summed E-state index contributed by atoms with van der Waals surface area (Å²) in [4.78, 5) is 12.4. The fourth-order valence-electron chi connectivity index (χ4n) is 2.55. The monoisotopic (exact) mass is 500 g/mol. The molecule has 1 amide bonds. The van der Waals surface area contributed by atoms with E-state index in [4.69, 9.17) is 27.9 Å². The summed E-state index contributed by atoms with van der Waals surface area (Å²) in [6.45, 7) is 0.441. The first-order valence-corrected chi connectivity index (χ1v) is 10.3. The van der Waals surface area contributed by atoms with Crippen LogP contribution in [0.4, 0.5) is 5.69 Å². The number of ether oxygens (including phenoxy) is 1. The molecule has 0 heterocycles. The Kier molecular flexibility index (Phi) is 7.53. The molecule has 0 spiro atoms. The Morgan fingerprint density at radius 1 is 1.03 bits per heavy atom. The number of anilines is 1. The topological polar surface area (TPSA) is 62.1 Å². The van der Waals surface area contributed by atoms with Crippen LogP contribution in [0.25, 0.3) is 6.08 Å². The van der Waals surface area contributed by atoms with Gasteiger partial charge in [0.2, 0.25) is 0 Å². The lowest BCUT2D eigenvalue weighted by Gasteiger charge is -2.07. The van der Waals surface area contributed by atoms with Crippen molar-refractivity contribution in [2.75, 3.05) is 5.32 Å². The third-order valence-electron chi connectivity index (χ3n) is 4.00. The first-order valence-electron chi connectivity index (χ1n) is 8.79. The van der Waals surface area contributed by atoms with Gasteiger partial charge in [0.1, 0.15) is 24.0 Å². The summed E-state index contributed by atoms with van der Waals surface area (Å²) in [6, 6.07) is 21.6. The number of nitriles is 1. The number of hydrogen-bond acceptors (Lipinski definition) is 3. The number of amides is 1. The largest absolute Gasteiger partial charge is 0.489 e. The highest BCUT2D eigenvalue weighted by Crippen LogP contribution is 2.23. The molecule has 0 aliphatic rings. The number of carbonyl (C=O) groups excluding carboxylic acids is 1. The van der Waals surface area contributed by atoms with E-state index >= 15 is 0 Å². The summed E-state index contributed by atoms with van der Waals surface area (Å²) in [6.07, 6.45) is 1.50. The third-order valence-corrected chi connectivity index (χ3v) is 4.96. The van der Waals surface area contributed by atoms with Crippen LogP contribution in [0.3, 0.4) is 0 Å². The van der Waals surface area contributed by atoms with E-state index in [1.165, 1.54) is 6.08 Å². The van der Waals surface area contributed by atoms with Gasteiger partial charge in [0, 0.05) is 20.2 Å². The molecule has 30 heavy (non-hydrogen) atoms. The number of rotatable bonds is 6. The maximum absolute atomic E-state index is 12.4. The van der Waals surface area contributed by atoms with Crippen LogP contribution < -0.4 is 10.1 Å². The van der Waals surface area contributed by atoms with Gasteiger partial charge in [-0.3, -0.25) is 4.79 Å². The van der Waals surface area contributed by atoms with Crippen molar-refractivity contribution in [3.8, 4) is 11.8 Å². The number of carbonyl (C=O) groups is 1. The van der Waals surface area contributed by atoms with Crippen molar-refractivity contribution >= 4 is 56.8 Å². The average Bonchev–Trinajstić information content (AvgIpc) is 2.71. The van der Waals surface area contributed by atoms with E-state index in [1.807, 2.05) is 30.3 Å². The second-order valence-corrected chi connectivity index (χ2v) is 8.05. The van der Waals surface area contributed by atoms with Gasteiger partial charge in [0.25, 0.3) is 5.91 Å². The van der Waals surface area contributed by atoms with E-state index in [0.717, 1.165) is 10.0 Å². The molecule has 7 heteroatoms. The molecular weight excluding hydrogens is 487 g/mol. The first kappa shape index (κ1) is 21.9. The van der Waals surface area contributed by atoms with Gasteiger partial charge in [-0.15, -0.1) is 0 Å². The van der Waals surface area contributed by atoms with Crippen LogP contribution in [-0.2, 0) is 11.4 Å². The molecule has 0 fully saturated rings. The summed E-state index contributed by atoms with van der Waals surface area (Å²) in [5.74, 6) is 0.137. The fraction of sp³-hybridized carbons (Fsp3) is 0.0435. The van der Waals surface area contributed by atoms with Gasteiger partial charge >= 0.3 is 0 Å². The van der Waals surface area contributed by atoms with Crippen LogP contribution in [-0.4, -0.2) is 5.91 Å². The number of benzene rings is 3. The van der Waals surface area contributed by atoms with Crippen LogP contribution in [0.15, 0.2) is 76.8 Å². The minimum absolute atomic E-state index is 0.0466. The molecule has 0 unspecified atom stereocenters. The average molecular weight is 502 g/mol. The first-order chi connectivity index (χ1) is 14.4. The highest BCUT2D eigenvalue weighted by molar-refractivity contribution is 9.10. The summed E-state index contributed by atoms with van der Waals surface area (Å²) >= 11 is 15.3. The number of halogens is 3. The Labute approximate surface area is 192 Å². The van der Waals surface area contributed by atoms with Crippen LogP contribution in [0, 0.1) is 11.3 Å². The zero-order valence-electron chi connectivity index (χ0n) is 15.5. The Morgan fingerprint density at radius 3 is 2.27 bits per heavy atom. The van der Waals surface area contributed by atoms with E-state index < -0.39 is 5.91 Å². The Hall–Kier alpha value is -2.78. The minimum Gasteiger partial charge on any atom is -0.489 e. The molecule has 3 aromatic rings. The standard InChI is InChI=1S/C23H15BrCl2N2O2/c24-18-5-1-16(2-6-18)14-30-22-7-3-15(4-8-22)9-17(13-27)23(29)28-21-11-19(25)10-20(26)12-21/h1-12H,14H2,(H,28,29)/b17-9-. The Morgan fingerprint density at radius 2 is 1.67 bits per heavy atom. The number of hydrogen-bond donors (Lipinski definition) is 1. The minimum atomic E-state index is -0.550. The molecule has 0 aliphatic carbocycles.